The lowest BCUT2D eigenvalue weighted by Gasteiger charge is -2.16. The molecule has 1 unspecified atom stereocenters. The number of nitrogens with two attached hydrogens (primary N) is 1. The first-order valence-electron chi connectivity index (χ1n) is 7.59. The van der Waals surface area contributed by atoms with Crippen LogP contribution in [0.15, 0.2) is 54.6 Å². The van der Waals surface area contributed by atoms with Crippen molar-refractivity contribution in [1.29, 1.82) is 0 Å². The molecule has 0 saturated heterocycles. The first kappa shape index (κ1) is 17.7. The van der Waals surface area contributed by atoms with E-state index < -0.39 is 11.9 Å². The minimum Gasteiger partial charge on any atom is -0.497 e. The molecule has 2 rings (SSSR count). The Balaban J connectivity index is 2.01. The van der Waals surface area contributed by atoms with Crippen molar-refractivity contribution in [3.63, 3.8) is 0 Å². The molecule has 0 spiro atoms. The zero-order valence-electron chi connectivity index (χ0n) is 13.5. The van der Waals surface area contributed by atoms with Gasteiger partial charge in [-0.1, -0.05) is 30.3 Å². The Bertz CT molecular complexity index is 672. The molecule has 6 heteroatoms. The van der Waals surface area contributed by atoms with E-state index >= 15 is 0 Å². The molecule has 1 amide bonds. The number of hydrogen-bond acceptors (Lipinski definition) is 5. The number of methoxy groups -OCH3 is 1. The number of benzene rings is 2. The monoisotopic (exact) mass is 327 g/mol. The summed E-state index contributed by atoms with van der Waals surface area (Å²) in [5, 5.41) is 3.07. The molecule has 2 aromatic carbocycles. The minimum atomic E-state index is -0.704. The van der Waals surface area contributed by atoms with Crippen molar-refractivity contribution in [3.05, 3.63) is 65.7 Å². The van der Waals surface area contributed by atoms with Crippen LogP contribution < -0.4 is 21.3 Å². The van der Waals surface area contributed by atoms with E-state index in [0.717, 1.165) is 5.56 Å². The second-order valence-electron chi connectivity index (χ2n) is 5.28. The lowest BCUT2D eigenvalue weighted by Crippen LogP contribution is -2.47. The lowest BCUT2D eigenvalue weighted by molar-refractivity contribution is -0.123. The van der Waals surface area contributed by atoms with Gasteiger partial charge in [0.2, 0.25) is 0 Å². The molecular formula is C18H21N3O3. The molecule has 0 heterocycles. The summed E-state index contributed by atoms with van der Waals surface area (Å²) < 4.78 is 5.07. The predicted octanol–water partition coefficient (Wildman–Crippen LogP) is 1.42. The number of ether oxygens (including phenoxy) is 1. The van der Waals surface area contributed by atoms with Crippen LogP contribution in [0.25, 0.3) is 0 Å². The highest BCUT2D eigenvalue weighted by atomic mass is 16.5. The number of hydrogen-bond donors (Lipinski definition) is 3. The first-order chi connectivity index (χ1) is 11.6. The Kier molecular flexibility index (Phi) is 6.48. The van der Waals surface area contributed by atoms with E-state index in [0.29, 0.717) is 17.9 Å². The second kappa shape index (κ2) is 8.81. The molecule has 4 N–H and O–H groups in total. The standard InChI is InChI=1S/C18H21N3O3/c1-24-15-9-7-14(8-10-15)17(22)11-16(18(23)21-19)20-12-13-5-3-2-4-6-13/h2-10,16,20H,11-12,19H2,1H3,(H,21,23). The van der Waals surface area contributed by atoms with Gasteiger partial charge in [-0.05, 0) is 29.8 Å². The van der Waals surface area contributed by atoms with E-state index in [1.807, 2.05) is 30.3 Å². The van der Waals surface area contributed by atoms with Gasteiger partial charge in [0.25, 0.3) is 5.91 Å². The minimum absolute atomic E-state index is 0.0161. The number of ketones is 1. The quantitative estimate of drug-likeness (QED) is 0.295. The number of carbonyl (C=O) groups is 2. The number of rotatable bonds is 8. The molecule has 0 fully saturated rings. The fraction of sp³-hybridized carbons (Fsp3) is 0.222. The van der Waals surface area contributed by atoms with Crippen LogP contribution in [0.2, 0.25) is 0 Å². The van der Waals surface area contributed by atoms with Crippen molar-refractivity contribution in [1.82, 2.24) is 10.7 Å². The summed E-state index contributed by atoms with van der Waals surface area (Å²) in [7, 11) is 1.56. The summed E-state index contributed by atoms with van der Waals surface area (Å²) in [6, 6.07) is 15.7. The van der Waals surface area contributed by atoms with E-state index in [2.05, 4.69) is 10.7 Å². The largest absolute Gasteiger partial charge is 0.497 e. The van der Waals surface area contributed by atoms with Gasteiger partial charge in [-0.15, -0.1) is 0 Å². The highest BCUT2D eigenvalue weighted by Crippen LogP contribution is 2.13. The molecule has 0 saturated carbocycles. The summed E-state index contributed by atoms with van der Waals surface area (Å²) in [5.41, 5.74) is 3.64. The summed E-state index contributed by atoms with van der Waals surface area (Å²) in [6.07, 6.45) is 0.0161. The molecule has 0 aliphatic carbocycles. The van der Waals surface area contributed by atoms with Crippen molar-refractivity contribution in [2.45, 2.75) is 19.0 Å². The molecule has 0 radical (unpaired) electrons. The summed E-state index contributed by atoms with van der Waals surface area (Å²) in [5.74, 6) is 5.33. The molecule has 0 aliphatic heterocycles. The van der Waals surface area contributed by atoms with Gasteiger partial charge in [-0.3, -0.25) is 15.0 Å². The van der Waals surface area contributed by atoms with Gasteiger partial charge in [0, 0.05) is 18.5 Å². The molecule has 2 aromatic rings. The third-order valence-corrected chi connectivity index (χ3v) is 3.66. The van der Waals surface area contributed by atoms with Crippen molar-refractivity contribution in [2.24, 2.45) is 5.84 Å². The Hall–Kier alpha value is -2.70. The molecule has 6 nitrogen and oxygen atoms in total. The highest BCUT2D eigenvalue weighted by Gasteiger charge is 2.21. The Morgan fingerprint density at radius 2 is 1.75 bits per heavy atom. The smallest absolute Gasteiger partial charge is 0.251 e. The van der Waals surface area contributed by atoms with Gasteiger partial charge < -0.3 is 10.1 Å². The third-order valence-electron chi connectivity index (χ3n) is 3.66. The maximum Gasteiger partial charge on any atom is 0.251 e. The fourth-order valence-electron chi connectivity index (χ4n) is 2.28. The van der Waals surface area contributed by atoms with Crippen molar-refractivity contribution < 1.29 is 14.3 Å². The van der Waals surface area contributed by atoms with Gasteiger partial charge in [0.05, 0.1) is 13.2 Å². The molecule has 126 valence electrons. The average molecular weight is 327 g/mol. The van der Waals surface area contributed by atoms with E-state index in [1.165, 1.54) is 0 Å². The Morgan fingerprint density at radius 3 is 2.33 bits per heavy atom. The van der Waals surface area contributed by atoms with Crippen LogP contribution >= 0.6 is 0 Å². The van der Waals surface area contributed by atoms with Gasteiger partial charge in [0.1, 0.15) is 5.75 Å². The average Bonchev–Trinajstić information content (AvgIpc) is 2.65. The number of Topliss-reactive ketones (excluding diaryl/α,β-unsaturated/α-hetero) is 1. The van der Waals surface area contributed by atoms with Crippen molar-refractivity contribution in [3.8, 4) is 5.75 Å². The van der Waals surface area contributed by atoms with Crippen LogP contribution in [0.4, 0.5) is 0 Å². The molecule has 0 aliphatic rings. The Labute approximate surface area is 141 Å². The molecular weight excluding hydrogens is 306 g/mol. The van der Waals surface area contributed by atoms with Crippen LogP contribution in [0.3, 0.4) is 0 Å². The first-order valence-corrected chi connectivity index (χ1v) is 7.59. The van der Waals surface area contributed by atoms with Gasteiger partial charge >= 0.3 is 0 Å². The van der Waals surface area contributed by atoms with Gasteiger partial charge in [-0.25, -0.2) is 5.84 Å². The molecule has 0 bridgehead atoms. The molecule has 0 aromatic heterocycles. The van der Waals surface area contributed by atoms with Crippen LogP contribution in [0, 0.1) is 0 Å². The topological polar surface area (TPSA) is 93.4 Å². The van der Waals surface area contributed by atoms with Crippen LogP contribution in [-0.2, 0) is 11.3 Å². The normalized spacial score (nSPS) is 11.6. The fourth-order valence-corrected chi connectivity index (χ4v) is 2.28. The van der Waals surface area contributed by atoms with Gasteiger partial charge in [-0.2, -0.15) is 0 Å². The zero-order valence-corrected chi connectivity index (χ0v) is 13.5. The van der Waals surface area contributed by atoms with Crippen molar-refractivity contribution in [2.75, 3.05) is 7.11 Å². The lowest BCUT2D eigenvalue weighted by atomic mass is 10.0. The molecule has 1 atom stereocenters. The SMILES string of the molecule is COc1ccc(C(=O)CC(NCc2ccccc2)C(=O)NN)cc1. The van der Waals surface area contributed by atoms with E-state index in [9.17, 15) is 9.59 Å². The summed E-state index contributed by atoms with van der Waals surface area (Å²) in [4.78, 5) is 24.3. The van der Waals surface area contributed by atoms with Gasteiger partial charge in [0.15, 0.2) is 5.78 Å². The zero-order chi connectivity index (χ0) is 17.4. The highest BCUT2D eigenvalue weighted by molar-refractivity contribution is 5.99. The summed E-state index contributed by atoms with van der Waals surface area (Å²) >= 11 is 0. The second-order valence-corrected chi connectivity index (χ2v) is 5.28. The van der Waals surface area contributed by atoms with Crippen LogP contribution in [-0.4, -0.2) is 24.8 Å². The predicted molar refractivity (Wildman–Crippen MR) is 91.3 cm³/mol. The number of amides is 1. The Morgan fingerprint density at radius 1 is 1.08 bits per heavy atom. The summed E-state index contributed by atoms with van der Waals surface area (Å²) in [6.45, 7) is 0.467. The number of hydrazine groups is 1. The molecule has 24 heavy (non-hydrogen) atoms. The van der Waals surface area contributed by atoms with Crippen LogP contribution in [0.5, 0.6) is 5.75 Å². The van der Waals surface area contributed by atoms with E-state index in [4.69, 9.17) is 10.6 Å². The van der Waals surface area contributed by atoms with Crippen LogP contribution in [0.1, 0.15) is 22.3 Å². The van der Waals surface area contributed by atoms with E-state index in [-0.39, 0.29) is 12.2 Å². The maximum atomic E-state index is 12.4. The number of nitrogens with one attached hydrogen (secondary N) is 2. The third kappa shape index (κ3) is 4.91. The van der Waals surface area contributed by atoms with Crippen molar-refractivity contribution >= 4 is 11.7 Å². The maximum absolute atomic E-state index is 12.4. The van der Waals surface area contributed by atoms with E-state index in [1.54, 1.807) is 31.4 Å². The number of carbonyl (C=O) groups excluding carboxylic acids is 2.